The molecule has 0 fully saturated rings. The molecule has 0 spiro atoms. The van der Waals surface area contributed by atoms with Crippen molar-refractivity contribution in [3.8, 4) is 0 Å². The highest BCUT2D eigenvalue weighted by Crippen LogP contribution is 2.17. The van der Waals surface area contributed by atoms with Crippen LogP contribution in [-0.2, 0) is 16.4 Å². The highest BCUT2D eigenvalue weighted by molar-refractivity contribution is 7.89. The molecule has 8 nitrogen and oxygen atoms in total. The lowest BCUT2D eigenvalue weighted by molar-refractivity contribution is -0.385. The van der Waals surface area contributed by atoms with Crippen LogP contribution in [0.2, 0.25) is 0 Å². The van der Waals surface area contributed by atoms with Crippen molar-refractivity contribution in [2.75, 3.05) is 6.54 Å². The molecule has 1 aromatic carbocycles. The number of nitrogens with zero attached hydrogens (tertiary/aromatic N) is 2. The van der Waals surface area contributed by atoms with Gasteiger partial charge in [-0.1, -0.05) is 11.2 Å². The first-order valence-electron chi connectivity index (χ1n) is 6.05. The number of aryl methyl sites for hydroxylation is 1. The number of nitro groups is 1. The second-order valence-electron chi connectivity index (χ2n) is 4.34. The van der Waals surface area contributed by atoms with Crippen molar-refractivity contribution in [1.82, 2.24) is 9.88 Å². The summed E-state index contributed by atoms with van der Waals surface area (Å²) in [6.45, 7) is 1.87. The van der Waals surface area contributed by atoms with Crippen LogP contribution in [0.25, 0.3) is 0 Å². The highest BCUT2D eigenvalue weighted by atomic mass is 32.2. The van der Waals surface area contributed by atoms with E-state index in [2.05, 4.69) is 9.88 Å². The summed E-state index contributed by atoms with van der Waals surface area (Å²) in [4.78, 5) is 9.86. The van der Waals surface area contributed by atoms with Crippen molar-refractivity contribution in [2.45, 2.75) is 18.2 Å². The van der Waals surface area contributed by atoms with Crippen LogP contribution in [0.15, 0.2) is 39.8 Å². The summed E-state index contributed by atoms with van der Waals surface area (Å²) in [5, 5.41) is 14.3. The Morgan fingerprint density at radius 3 is 2.76 bits per heavy atom. The Morgan fingerprint density at radius 2 is 2.14 bits per heavy atom. The number of non-ortho nitro benzene ring substituents is 1. The Morgan fingerprint density at radius 1 is 1.38 bits per heavy atom. The molecule has 0 aliphatic heterocycles. The minimum absolute atomic E-state index is 0.111. The molecule has 1 N–H and O–H groups in total. The van der Waals surface area contributed by atoms with Crippen molar-refractivity contribution in [2.24, 2.45) is 0 Å². The zero-order valence-electron chi connectivity index (χ0n) is 11.1. The molecular weight excluding hydrogens is 298 g/mol. The molecule has 0 unspecified atom stereocenters. The maximum absolute atomic E-state index is 12.0. The average molecular weight is 311 g/mol. The van der Waals surface area contributed by atoms with Crippen LogP contribution in [0, 0.1) is 17.0 Å². The topological polar surface area (TPSA) is 115 Å². The lowest BCUT2D eigenvalue weighted by Gasteiger charge is -2.05. The maximum atomic E-state index is 12.0. The van der Waals surface area contributed by atoms with Gasteiger partial charge in [-0.25, -0.2) is 13.1 Å². The number of rotatable bonds is 6. The van der Waals surface area contributed by atoms with E-state index in [0.29, 0.717) is 17.9 Å². The zero-order valence-corrected chi connectivity index (χ0v) is 12.0. The summed E-state index contributed by atoms with van der Waals surface area (Å²) in [5.74, 6) is 0.564. The summed E-state index contributed by atoms with van der Waals surface area (Å²) in [7, 11) is -3.80. The van der Waals surface area contributed by atoms with E-state index in [-0.39, 0.29) is 17.1 Å². The second-order valence-corrected chi connectivity index (χ2v) is 6.10. The van der Waals surface area contributed by atoms with E-state index in [4.69, 9.17) is 4.52 Å². The normalized spacial score (nSPS) is 11.5. The first kappa shape index (κ1) is 15.1. The monoisotopic (exact) mass is 311 g/mol. The largest absolute Gasteiger partial charge is 0.361 e. The molecule has 0 bridgehead atoms. The second kappa shape index (κ2) is 6.02. The van der Waals surface area contributed by atoms with Gasteiger partial charge in [0.25, 0.3) is 5.69 Å². The molecule has 0 aliphatic carbocycles. The highest BCUT2D eigenvalue weighted by Gasteiger charge is 2.17. The van der Waals surface area contributed by atoms with Gasteiger partial charge in [0.05, 0.1) is 15.5 Å². The van der Waals surface area contributed by atoms with Gasteiger partial charge in [-0.3, -0.25) is 10.1 Å². The fraction of sp³-hybridized carbons (Fsp3) is 0.250. The molecule has 0 aliphatic rings. The summed E-state index contributed by atoms with van der Waals surface area (Å²) >= 11 is 0. The van der Waals surface area contributed by atoms with Crippen LogP contribution in [0.5, 0.6) is 0 Å². The minimum Gasteiger partial charge on any atom is -0.361 e. The van der Waals surface area contributed by atoms with Crippen LogP contribution in [0.1, 0.15) is 11.5 Å². The molecule has 112 valence electrons. The summed E-state index contributed by atoms with van der Waals surface area (Å²) < 4.78 is 31.4. The molecule has 0 radical (unpaired) electrons. The number of hydrogen-bond acceptors (Lipinski definition) is 6. The Bertz CT molecular complexity index is 754. The van der Waals surface area contributed by atoms with Gasteiger partial charge in [0.15, 0.2) is 0 Å². The molecule has 1 aromatic heterocycles. The molecule has 0 atom stereocenters. The van der Waals surface area contributed by atoms with Crippen molar-refractivity contribution >= 4 is 15.7 Å². The van der Waals surface area contributed by atoms with E-state index in [9.17, 15) is 18.5 Å². The predicted octanol–water partition coefficient (Wildman–Crippen LogP) is 1.41. The Balaban J connectivity index is 2.04. The molecule has 2 aromatic rings. The van der Waals surface area contributed by atoms with Crippen molar-refractivity contribution in [1.29, 1.82) is 0 Å². The van der Waals surface area contributed by atoms with Gasteiger partial charge in [0, 0.05) is 31.2 Å². The van der Waals surface area contributed by atoms with Crippen LogP contribution in [-0.4, -0.2) is 25.0 Å². The fourth-order valence-corrected chi connectivity index (χ4v) is 2.76. The number of sulfonamides is 1. The first-order valence-corrected chi connectivity index (χ1v) is 7.53. The molecule has 2 rings (SSSR count). The molecule has 21 heavy (non-hydrogen) atoms. The first-order chi connectivity index (χ1) is 9.88. The zero-order chi connectivity index (χ0) is 15.5. The quantitative estimate of drug-likeness (QED) is 0.637. The van der Waals surface area contributed by atoms with E-state index < -0.39 is 14.9 Å². The van der Waals surface area contributed by atoms with Crippen molar-refractivity contribution < 1.29 is 17.9 Å². The van der Waals surface area contributed by atoms with Crippen molar-refractivity contribution in [3.63, 3.8) is 0 Å². The Labute approximate surface area is 121 Å². The number of benzene rings is 1. The minimum atomic E-state index is -3.80. The Hall–Kier alpha value is -2.26. The number of aromatic nitrogens is 1. The SMILES string of the molecule is Cc1cc(CCNS(=O)(=O)c2cccc([N+](=O)[O-])c2)on1. The van der Waals surface area contributed by atoms with E-state index in [1.165, 1.54) is 18.2 Å². The fourth-order valence-electron chi connectivity index (χ4n) is 1.69. The molecule has 9 heteroatoms. The summed E-state index contributed by atoms with van der Waals surface area (Å²) in [6, 6.07) is 6.58. The lowest BCUT2D eigenvalue weighted by Crippen LogP contribution is -2.26. The van der Waals surface area contributed by atoms with Gasteiger partial charge >= 0.3 is 0 Å². The van der Waals surface area contributed by atoms with E-state index in [0.717, 1.165) is 6.07 Å². The molecule has 0 amide bonds. The van der Waals surface area contributed by atoms with E-state index in [1.54, 1.807) is 13.0 Å². The Kier molecular flexibility index (Phi) is 4.34. The van der Waals surface area contributed by atoms with Gasteiger partial charge in [0.2, 0.25) is 10.0 Å². The molecule has 1 heterocycles. The third kappa shape index (κ3) is 3.86. The van der Waals surface area contributed by atoms with E-state index >= 15 is 0 Å². The number of nitro benzene ring substituents is 1. The summed E-state index contributed by atoms with van der Waals surface area (Å²) in [6.07, 6.45) is 0.342. The van der Waals surface area contributed by atoms with Gasteiger partial charge < -0.3 is 4.52 Å². The van der Waals surface area contributed by atoms with Gasteiger partial charge in [-0.15, -0.1) is 0 Å². The standard InChI is InChI=1S/C12H13N3O5S/c1-9-7-11(20-14-9)5-6-13-21(18,19)12-4-2-3-10(8-12)15(16)17/h2-4,7-8,13H,5-6H2,1H3. The number of hydrogen-bond donors (Lipinski definition) is 1. The molecular formula is C12H13N3O5S. The molecule has 0 saturated carbocycles. The van der Waals surface area contributed by atoms with Gasteiger partial charge in [-0.05, 0) is 13.0 Å². The smallest absolute Gasteiger partial charge is 0.270 e. The van der Waals surface area contributed by atoms with Crippen LogP contribution < -0.4 is 4.72 Å². The lowest BCUT2D eigenvalue weighted by atomic mass is 10.3. The maximum Gasteiger partial charge on any atom is 0.270 e. The van der Waals surface area contributed by atoms with Gasteiger partial charge in [0.1, 0.15) is 5.76 Å². The summed E-state index contributed by atoms with van der Waals surface area (Å²) in [5.41, 5.74) is 0.440. The number of nitrogens with one attached hydrogen (secondary N) is 1. The predicted molar refractivity (Wildman–Crippen MR) is 73.2 cm³/mol. The van der Waals surface area contributed by atoms with Crippen LogP contribution in [0.4, 0.5) is 5.69 Å². The van der Waals surface area contributed by atoms with Gasteiger partial charge in [-0.2, -0.15) is 0 Å². The van der Waals surface area contributed by atoms with Crippen molar-refractivity contribution in [3.05, 3.63) is 51.9 Å². The third-order valence-corrected chi connectivity index (χ3v) is 4.14. The molecule has 0 saturated heterocycles. The van der Waals surface area contributed by atoms with Crippen LogP contribution in [0.3, 0.4) is 0 Å². The van der Waals surface area contributed by atoms with E-state index in [1.807, 2.05) is 0 Å². The average Bonchev–Trinajstić information content (AvgIpc) is 2.84. The third-order valence-electron chi connectivity index (χ3n) is 2.68. The van der Waals surface area contributed by atoms with Crippen LogP contribution >= 0.6 is 0 Å².